The lowest BCUT2D eigenvalue weighted by atomic mass is 10.1. The highest BCUT2D eigenvalue weighted by molar-refractivity contribution is 9.10. The minimum absolute atomic E-state index is 0.298. The summed E-state index contributed by atoms with van der Waals surface area (Å²) in [5.74, 6) is -0.103. The molecule has 0 amide bonds. The highest BCUT2D eigenvalue weighted by atomic mass is 79.9. The van der Waals surface area contributed by atoms with Gasteiger partial charge in [0.25, 0.3) is 0 Å². The van der Waals surface area contributed by atoms with E-state index in [2.05, 4.69) is 33.2 Å². The summed E-state index contributed by atoms with van der Waals surface area (Å²) >= 11 is 11.1. The number of benzene rings is 2. The van der Waals surface area contributed by atoms with Gasteiger partial charge in [-0.25, -0.2) is 9.48 Å². The molecule has 1 aromatic heterocycles. The zero-order valence-electron chi connectivity index (χ0n) is 16.9. The van der Waals surface area contributed by atoms with E-state index in [0.29, 0.717) is 16.5 Å². The van der Waals surface area contributed by atoms with Gasteiger partial charge < -0.3 is 4.74 Å². The Kier molecular flexibility index (Phi) is 6.46. The van der Waals surface area contributed by atoms with E-state index in [9.17, 15) is 4.79 Å². The fourth-order valence-electron chi connectivity index (χ4n) is 2.67. The maximum absolute atomic E-state index is 12.9. The van der Waals surface area contributed by atoms with Crippen LogP contribution < -0.4 is 4.74 Å². The van der Waals surface area contributed by atoms with Crippen molar-refractivity contribution in [2.75, 3.05) is 0 Å². The molecule has 0 N–H and O–H groups in total. The first kappa shape index (κ1) is 21.9. The predicted molar refractivity (Wildman–Crippen MR) is 121 cm³/mol. The van der Waals surface area contributed by atoms with Crippen molar-refractivity contribution >= 4 is 45.3 Å². The molecular weight excluding hydrogens is 472 g/mol. The quantitative estimate of drug-likeness (QED) is 0.366. The van der Waals surface area contributed by atoms with Gasteiger partial charge in [-0.15, -0.1) is 0 Å². The fourth-order valence-corrected chi connectivity index (χ4v) is 4.14. The van der Waals surface area contributed by atoms with E-state index in [4.69, 9.17) is 16.3 Å². The van der Waals surface area contributed by atoms with Crippen molar-refractivity contribution in [3.8, 4) is 5.88 Å². The van der Waals surface area contributed by atoms with Gasteiger partial charge in [-0.2, -0.15) is 5.10 Å². The van der Waals surface area contributed by atoms with Crippen molar-refractivity contribution in [2.45, 2.75) is 49.9 Å². The van der Waals surface area contributed by atoms with E-state index in [-0.39, 0.29) is 5.54 Å². The first-order valence-electron chi connectivity index (χ1n) is 9.08. The van der Waals surface area contributed by atoms with Gasteiger partial charge in [0.1, 0.15) is 0 Å². The average Bonchev–Trinajstić information content (AvgIpc) is 2.95. The van der Waals surface area contributed by atoms with Crippen molar-refractivity contribution in [3.05, 3.63) is 68.8 Å². The molecule has 0 saturated carbocycles. The van der Waals surface area contributed by atoms with Crippen LogP contribution in [0.4, 0.5) is 0 Å². The maximum Gasteiger partial charge on any atom is 0.346 e. The van der Waals surface area contributed by atoms with Gasteiger partial charge in [0, 0.05) is 9.37 Å². The molecule has 0 bridgehead atoms. The molecule has 4 nitrogen and oxygen atoms in total. The number of esters is 1. The molecule has 3 aromatic rings. The number of carbonyl (C=O) groups is 1. The van der Waals surface area contributed by atoms with Crippen molar-refractivity contribution in [1.82, 2.24) is 9.78 Å². The number of ether oxygens (including phenoxy) is 1. The summed E-state index contributed by atoms with van der Waals surface area (Å²) in [6.07, 6.45) is 0. The van der Waals surface area contributed by atoms with E-state index in [0.717, 1.165) is 20.0 Å². The Balaban J connectivity index is 2.04. The van der Waals surface area contributed by atoms with Crippen molar-refractivity contribution < 1.29 is 9.53 Å². The van der Waals surface area contributed by atoms with E-state index in [1.807, 2.05) is 46.8 Å². The van der Waals surface area contributed by atoms with E-state index in [1.54, 1.807) is 22.9 Å². The van der Waals surface area contributed by atoms with Crippen LogP contribution in [0.15, 0.2) is 56.7 Å². The molecule has 0 saturated heterocycles. The Labute approximate surface area is 188 Å². The molecule has 0 fully saturated rings. The molecule has 1 heterocycles. The van der Waals surface area contributed by atoms with Gasteiger partial charge in [-0.05, 0) is 65.0 Å². The number of rotatable bonds is 4. The molecule has 0 radical (unpaired) electrons. The summed E-state index contributed by atoms with van der Waals surface area (Å²) in [6, 6.07) is 13.3. The van der Waals surface area contributed by atoms with Gasteiger partial charge in [0.05, 0.1) is 26.7 Å². The lowest BCUT2D eigenvalue weighted by molar-refractivity contribution is 0.0704. The molecule has 0 aliphatic heterocycles. The van der Waals surface area contributed by atoms with E-state index >= 15 is 0 Å². The van der Waals surface area contributed by atoms with Gasteiger partial charge in [-0.3, -0.25) is 0 Å². The van der Waals surface area contributed by atoms with Crippen LogP contribution in [0.3, 0.4) is 0 Å². The summed E-state index contributed by atoms with van der Waals surface area (Å²) in [5, 5.41) is 5.00. The van der Waals surface area contributed by atoms with Crippen LogP contribution in [0.5, 0.6) is 5.88 Å². The van der Waals surface area contributed by atoms with Crippen LogP contribution in [0, 0.1) is 13.8 Å². The zero-order valence-corrected chi connectivity index (χ0v) is 20.1. The highest BCUT2D eigenvalue weighted by Crippen LogP contribution is 2.40. The largest absolute Gasteiger partial charge is 0.403 e. The van der Waals surface area contributed by atoms with Gasteiger partial charge in [0.15, 0.2) is 0 Å². The van der Waals surface area contributed by atoms with Crippen LogP contribution in [0.25, 0.3) is 0 Å². The number of hydrogen-bond donors (Lipinski definition) is 0. The molecule has 0 aliphatic carbocycles. The minimum atomic E-state index is -0.521. The molecule has 7 heteroatoms. The number of hydrogen-bond acceptors (Lipinski definition) is 4. The summed E-state index contributed by atoms with van der Waals surface area (Å²) < 4.78 is 8.38. The van der Waals surface area contributed by atoms with Crippen molar-refractivity contribution in [3.63, 3.8) is 0 Å². The number of carbonyl (C=O) groups excluding carboxylic acids is 1. The van der Waals surface area contributed by atoms with Crippen LogP contribution in [-0.2, 0) is 5.54 Å². The van der Waals surface area contributed by atoms with Crippen molar-refractivity contribution in [1.29, 1.82) is 0 Å². The number of nitrogens with zero attached hydrogens (tertiary/aromatic N) is 2. The third-order valence-electron chi connectivity index (χ3n) is 4.18. The van der Waals surface area contributed by atoms with Crippen molar-refractivity contribution in [2.24, 2.45) is 0 Å². The predicted octanol–water partition coefficient (Wildman–Crippen LogP) is 7.04. The molecular formula is C22H22BrClN2O2S. The molecule has 29 heavy (non-hydrogen) atoms. The second kappa shape index (κ2) is 8.54. The number of aromatic nitrogens is 2. The van der Waals surface area contributed by atoms with Crippen LogP contribution >= 0.6 is 39.3 Å². The monoisotopic (exact) mass is 492 g/mol. The second-order valence-corrected chi connectivity index (χ2v) is 10.1. The lowest BCUT2D eigenvalue weighted by Gasteiger charge is -2.22. The summed E-state index contributed by atoms with van der Waals surface area (Å²) in [7, 11) is 0. The number of aryl methyl sites for hydroxylation is 2. The van der Waals surface area contributed by atoms with Crippen LogP contribution in [0.2, 0.25) is 5.02 Å². The number of halogens is 2. The Morgan fingerprint density at radius 3 is 2.41 bits per heavy atom. The Morgan fingerprint density at radius 1 is 1.14 bits per heavy atom. The second-order valence-electron chi connectivity index (χ2n) is 7.73. The van der Waals surface area contributed by atoms with E-state index < -0.39 is 5.97 Å². The standard InChI is InChI=1S/C22H22BrClN2O2S/c1-13-6-9-16(10-7-13)29-19-14(2)25-26(22(3,4)5)20(19)28-21(27)17-12-15(23)8-11-18(17)24/h6-12H,1-5H3. The van der Waals surface area contributed by atoms with Crippen LogP contribution in [-0.4, -0.2) is 15.7 Å². The van der Waals surface area contributed by atoms with Gasteiger partial charge >= 0.3 is 5.97 Å². The minimum Gasteiger partial charge on any atom is -0.403 e. The SMILES string of the molecule is Cc1ccc(Sc2c(C)nn(C(C)(C)C)c2OC(=O)c2cc(Br)ccc2Cl)cc1. The molecule has 0 aliphatic rings. The summed E-state index contributed by atoms with van der Waals surface area (Å²) in [4.78, 5) is 14.8. The van der Waals surface area contributed by atoms with Gasteiger partial charge in [0.2, 0.25) is 5.88 Å². The summed E-state index contributed by atoms with van der Waals surface area (Å²) in [5.41, 5.74) is 1.92. The first-order valence-corrected chi connectivity index (χ1v) is 11.1. The molecule has 3 rings (SSSR count). The Hall–Kier alpha value is -1.76. The molecule has 0 unspecified atom stereocenters. The van der Waals surface area contributed by atoms with E-state index in [1.165, 1.54) is 17.3 Å². The topological polar surface area (TPSA) is 44.1 Å². The third-order valence-corrected chi connectivity index (χ3v) is 6.18. The highest BCUT2D eigenvalue weighted by Gasteiger charge is 2.28. The normalized spacial score (nSPS) is 11.6. The Morgan fingerprint density at radius 2 is 1.79 bits per heavy atom. The lowest BCUT2D eigenvalue weighted by Crippen LogP contribution is -2.25. The maximum atomic E-state index is 12.9. The van der Waals surface area contributed by atoms with Gasteiger partial charge in [-0.1, -0.05) is 57.0 Å². The molecule has 152 valence electrons. The molecule has 0 atom stereocenters. The van der Waals surface area contributed by atoms with Crippen LogP contribution in [0.1, 0.15) is 42.4 Å². The Bertz CT molecular complexity index is 1060. The fraction of sp³-hybridized carbons (Fsp3) is 0.273. The smallest absolute Gasteiger partial charge is 0.346 e. The zero-order chi connectivity index (χ0) is 21.3. The summed E-state index contributed by atoms with van der Waals surface area (Å²) in [6.45, 7) is 10.0. The average molecular weight is 494 g/mol. The molecule has 2 aromatic carbocycles. The third kappa shape index (κ3) is 5.05. The first-order chi connectivity index (χ1) is 13.6. The molecule has 0 spiro atoms.